The number of aliphatic imine (C=N–C) groups is 1. The average molecular weight is 279 g/mol. The van der Waals surface area contributed by atoms with Gasteiger partial charge in [0.25, 0.3) is 0 Å². The third kappa shape index (κ3) is 6.99. The van der Waals surface area contributed by atoms with Crippen molar-refractivity contribution in [3.05, 3.63) is 29.8 Å². The van der Waals surface area contributed by atoms with Crippen molar-refractivity contribution in [3.8, 4) is 5.75 Å². The first-order valence-electron chi connectivity index (χ1n) is 6.72. The van der Waals surface area contributed by atoms with Gasteiger partial charge in [-0.15, -0.1) is 0 Å². The lowest BCUT2D eigenvalue weighted by molar-refractivity contribution is 0.114. The minimum atomic E-state index is -0.684. The van der Waals surface area contributed by atoms with Crippen molar-refractivity contribution in [2.45, 2.75) is 39.3 Å². The summed E-state index contributed by atoms with van der Waals surface area (Å²) in [7, 11) is 0. The molecule has 0 spiro atoms. The quantitative estimate of drug-likeness (QED) is 0.563. The van der Waals surface area contributed by atoms with Crippen LogP contribution in [0.15, 0.2) is 29.3 Å². The summed E-state index contributed by atoms with van der Waals surface area (Å²) in [6.45, 7) is 8.37. The summed E-state index contributed by atoms with van der Waals surface area (Å²) in [6.07, 6.45) is -0.684. The van der Waals surface area contributed by atoms with Gasteiger partial charge in [0.15, 0.2) is 5.96 Å². The average Bonchev–Trinajstić information content (AvgIpc) is 2.32. The van der Waals surface area contributed by atoms with Gasteiger partial charge in [0.05, 0.1) is 6.54 Å². The van der Waals surface area contributed by atoms with Crippen LogP contribution in [0.25, 0.3) is 0 Å². The Hall–Kier alpha value is -1.75. The monoisotopic (exact) mass is 279 g/mol. The van der Waals surface area contributed by atoms with E-state index in [2.05, 4.69) is 10.3 Å². The van der Waals surface area contributed by atoms with E-state index in [9.17, 15) is 5.11 Å². The van der Waals surface area contributed by atoms with Gasteiger partial charge in [-0.1, -0.05) is 12.1 Å². The maximum atomic E-state index is 9.81. The van der Waals surface area contributed by atoms with E-state index < -0.39 is 6.10 Å². The predicted molar refractivity (Wildman–Crippen MR) is 82.1 cm³/mol. The van der Waals surface area contributed by atoms with E-state index in [0.717, 1.165) is 11.3 Å². The van der Waals surface area contributed by atoms with Crippen LogP contribution < -0.4 is 15.8 Å². The molecule has 0 radical (unpaired) electrons. The molecule has 0 aliphatic heterocycles. The first kappa shape index (κ1) is 16.3. The molecule has 0 amide bonds. The molecule has 1 aromatic carbocycles. The smallest absolute Gasteiger partial charge is 0.189 e. The summed E-state index contributed by atoms with van der Waals surface area (Å²) in [5.74, 6) is 1.07. The number of nitrogens with zero attached hydrogens (tertiary/aromatic N) is 1. The Bertz CT molecular complexity index is 453. The molecule has 0 fully saturated rings. The fraction of sp³-hybridized carbons (Fsp3) is 0.533. The molecule has 0 heterocycles. The van der Waals surface area contributed by atoms with Gasteiger partial charge < -0.3 is 20.9 Å². The second-order valence-electron chi connectivity index (χ2n) is 5.88. The van der Waals surface area contributed by atoms with Crippen LogP contribution in [0.1, 0.15) is 26.3 Å². The molecular weight excluding hydrogens is 254 g/mol. The molecule has 0 bridgehead atoms. The number of rotatable bonds is 5. The molecule has 1 rings (SSSR count). The molecule has 20 heavy (non-hydrogen) atoms. The molecule has 112 valence electrons. The van der Waals surface area contributed by atoms with Crippen molar-refractivity contribution in [2.24, 2.45) is 10.7 Å². The van der Waals surface area contributed by atoms with Crippen LogP contribution in [-0.2, 0) is 0 Å². The first-order valence-corrected chi connectivity index (χ1v) is 6.72. The zero-order chi connectivity index (χ0) is 15.2. The lowest BCUT2D eigenvalue weighted by atomic mass is 10.1. The fourth-order valence-corrected chi connectivity index (χ4v) is 1.58. The topological polar surface area (TPSA) is 79.9 Å². The van der Waals surface area contributed by atoms with Gasteiger partial charge in [-0.3, -0.25) is 4.99 Å². The lowest BCUT2D eigenvalue weighted by Crippen LogP contribution is -2.45. The minimum Gasteiger partial charge on any atom is -0.491 e. The van der Waals surface area contributed by atoms with Crippen molar-refractivity contribution in [3.63, 3.8) is 0 Å². The zero-order valence-corrected chi connectivity index (χ0v) is 12.7. The minimum absolute atomic E-state index is 0.142. The molecule has 4 N–H and O–H groups in total. The van der Waals surface area contributed by atoms with Crippen molar-refractivity contribution in [1.82, 2.24) is 5.32 Å². The number of aliphatic hydroxyl groups is 1. The van der Waals surface area contributed by atoms with Gasteiger partial charge in [-0.05, 0) is 45.4 Å². The SMILES string of the molecule is Cc1cccc(OCC(O)CN=C(N)NC(C)(C)C)c1. The van der Waals surface area contributed by atoms with E-state index in [1.165, 1.54) is 0 Å². The van der Waals surface area contributed by atoms with E-state index in [1.807, 2.05) is 52.0 Å². The lowest BCUT2D eigenvalue weighted by Gasteiger charge is -2.21. The zero-order valence-electron chi connectivity index (χ0n) is 12.7. The molecule has 5 nitrogen and oxygen atoms in total. The van der Waals surface area contributed by atoms with Crippen LogP contribution in [-0.4, -0.2) is 35.9 Å². The number of ether oxygens (including phenoxy) is 1. The Kier molecular flexibility index (Phi) is 5.82. The Morgan fingerprint density at radius 1 is 1.45 bits per heavy atom. The summed E-state index contributed by atoms with van der Waals surface area (Å²) in [4.78, 5) is 4.09. The normalized spacial score (nSPS) is 13.9. The summed E-state index contributed by atoms with van der Waals surface area (Å²) in [5.41, 5.74) is 6.70. The summed E-state index contributed by atoms with van der Waals surface area (Å²) in [6, 6.07) is 7.69. The van der Waals surface area contributed by atoms with E-state index >= 15 is 0 Å². The van der Waals surface area contributed by atoms with Crippen LogP contribution in [0.2, 0.25) is 0 Å². The van der Waals surface area contributed by atoms with E-state index in [4.69, 9.17) is 10.5 Å². The summed E-state index contributed by atoms with van der Waals surface area (Å²) < 4.78 is 5.50. The first-order chi connectivity index (χ1) is 9.26. The van der Waals surface area contributed by atoms with Gasteiger partial charge in [-0.25, -0.2) is 0 Å². The highest BCUT2D eigenvalue weighted by molar-refractivity contribution is 5.78. The Balaban J connectivity index is 2.37. The van der Waals surface area contributed by atoms with Gasteiger partial charge in [0.2, 0.25) is 0 Å². The van der Waals surface area contributed by atoms with Gasteiger partial charge in [-0.2, -0.15) is 0 Å². The van der Waals surface area contributed by atoms with E-state index in [0.29, 0.717) is 5.96 Å². The van der Waals surface area contributed by atoms with Crippen LogP contribution in [0, 0.1) is 6.92 Å². The molecule has 0 saturated carbocycles. The van der Waals surface area contributed by atoms with Crippen LogP contribution in [0.5, 0.6) is 5.75 Å². The largest absolute Gasteiger partial charge is 0.491 e. The molecular formula is C15H25N3O2. The Labute approximate surface area is 120 Å². The fourth-order valence-electron chi connectivity index (χ4n) is 1.58. The third-order valence-corrected chi connectivity index (χ3v) is 2.41. The van der Waals surface area contributed by atoms with Gasteiger partial charge >= 0.3 is 0 Å². The number of nitrogens with two attached hydrogens (primary N) is 1. The van der Waals surface area contributed by atoms with Crippen LogP contribution in [0.4, 0.5) is 0 Å². The maximum Gasteiger partial charge on any atom is 0.189 e. The second-order valence-corrected chi connectivity index (χ2v) is 5.88. The van der Waals surface area contributed by atoms with Crippen molar-refractivity contribution in [1.29, 1.82) is 0 Å². The number of nitrogens with one attached hydrogen (secondary N) is 1. The van der Waals surface area contributed by atoms with Gasteiger partial charge in [0, 0.05) is 5.54 Å². The molecule has 0 saturated heterocycles. The predicted octanol–water partition coefficient (Wildman–Crippen LogP) is 1.44. The highest BCUT2D eigenvalue weighted by atomic mass is 16.5. The van der Waals surface area contributed by atoms with Crippen LogP contribution in [0.3, 0.4) is 0 Å². The van der Waals surface area contributed by atoms with Gasteiger partial charge in [0.1, 0.15) is 18.5 Å². The van der Waals surface area contributed by atoms with Crippen molar-refractivity contribution in [2.75, 3.05) is 13.2 Å². The second kappa shape index (κ2) is 7.14. The van der Waals surface area contributed by atoms with Crippen molar-refractivity contribution >= 4 is 5.96 Å². The summed E-state index contributed by atoms with van der Waals surface area (Å²) >= 11 is 0. The number of benzene rings is 1. The Morgan fingerprint density at radius 2 is 2.15 bits per heavy atom. The highest BCUT2D eigenvalue weighted by Gasteiger charge is 2.10. The molecule has 0 aliphatic carbocycles. The highest BCUT2D eigenvalue weighted by Crippen LogP contribution is 2.12. The molecule has 1 atom stereocenters. The third-order valence-electron chi connectivity index (χ3n) is 2.41. The number of aryl methyl sites for hydroxylation is 1. The maximum absolute atomic E-state index is 9.81. The molecule has 0 aromatic heterocycles. The van der Waals surface area contributed by atoms with Crippen LogP contribution >= 0.6 is 0 Å². The number of aliphatic hydroxyl groups excluding tert-OH is 1. The molecule has 0 aliphatic rings. The number of guanidine groups is 1. The molecule has 1 aromatic rings. The number of hydrogen-bond acceptors (Lipinski definition) is 3. The Morgan fingerprint density at radius 3 is 2.75 bits per heavy atom. The van der Waals surface area contributed by atoms with Crippen molar-refractivity contribution < 1.29 is 9.84 Å². The summed E-state index contributed by atoms with van der Waals surface area (Å²) in [5, 5.41) is 12.8. The van der Waals surface area contributed by atoms with E-state index in [1.54, 1.807) is 0 Å². The standard InChI is InChI=1S/C15H25N3O2/c1-11-6-5-7-13(8-11)20-10-12(19)9-17-14(16)18-15(2,3)4/h5-8,12,19H,9-10H2,1-4H3,(H3,16,17,18). The molecule has 5 heteroatoms. The van der Waals surface area contributed by atoms with E-state index in [-0.39, 0.29) is 18.7 Å². The number of hydrogen-bond donors (Lipinski definition) is 3. The molecule has 1 unspecified atom stereocenters.